The average molecular weight is 378 g/mol. The Morgan fingerprint density at radius 3 is 2.00 bits per heavy atom. The van der Waals surface area contributed by atoms with Crippen molar-refractivity contribution >= 4 is 23.6 Å². The molecule has 0 aromatic heterocycles. The van der Waals surface area contributed by atoms with Gasteiger partial charge in [0.25, 0.3) is 0 Å². The van der Waals surface area contributed by atoms with Crippen molar-refractivity contribution in [2.24, 2.45) is 0 Å². The summed E-state index contributed by atoms with van der Waals surface area (Å²) in [6, 6.07) is -0.181. The number of piperazine rings is 1. The van der Waals surface area contributed by atoms with E-state index in [9.17, 15) is 19.2 Å². The van der Waals surface area contributed by atoms with E-state index in [4.69, 9.17) is 0 Å². The second kappa shape index (κ2) is 8.71. The zero-order valence-corrected chi connectivity index (χ0v) is 16.0. The summed E-state index contributed by atoms with van der Waals surface area (Å²) in [4.78, 5) is 51.8. The van der Waals surface area contributed by atoms with Crippen LogP contribution in [0.4, 0.5) is 0 Å². The molecule has 4 amide bonds. The van der Waals surface area contributed by atoms with Crippen LogP contribution in [0.2, 0.25) is 0 Å². The summed E-state index contributed by atoms with van der Waals surface area (Å²) in [5.41, 5.74) is 0. The fraction of sp³-hybridized carbons (Fsp3) is 0.789. The minimum absolute atomic E-state index is 0.0253. The van der Waals surface area contributed by atoms with Gasteiger partial charge in [-0.2, -0.15) is 0 Å². The van der Waals surface area contributed by atoms with Gasteiger partial charge in [-0.15, -0.1) is 0 Å². The van der Waals surface area contributed by atoms with Crippen molar-refractivity contribution in [1.29, 1.82) is 0 Å². The molecule has 3 rings (SSSR count). The highest BCUT2D eigenvalue weighted by Crippen LogP contribution is 2.18. The van der Waals surface area contributed by atoms with E-state index >= 15 is 0 Å². The van der Waals surface area contributed by atoms with Gasteiger partial charge in [0.15, 0.2) is 0 Å². The van der Waals surface area contributed by atoms with Crippen molar-refractivity contribution in [2.45, 2.75) is 76.4 Å². The molecular formula is C19H30N4O4. The van der Waals surface area contributed by atoms with Gasteiger partial charge in [0, 0.05) is 63.4 Å². The van der Waals surface area contributed by atoms with Crippen LogP contribution in [-0.4, -0.2) is 71.2 Å². The molecule has 3 aliphatic rings. The molecule has 2 N–H and O–H groups in total. The summed E-state index contributed by atoms with van der Waals surface area (Å²) in [6.07, 6.45) is 5.11. The van der Waals surface area contributed by atoms with Gasteiger partial charge in [-0.3, -0.25) is 19.2 Å². The lowest BCUT2D eigenvalue weighted by atomic mass is 9.99. The van der Waals surface area contributed by atoms with Crippen LogP contribution in [-0.2, 0) is 19.2 Å². The van der Waals surface area contributed by atoms with Gasteiger partial charge >= 0.3 is 0 Å². The van der Waals surface area contributed by atoms with Gasteiger partial charge < -0.3 is 20.4 Å². The third-order valence-electron chi connectivity index (χ3n) is 5.79. The molecule has 0 saturated carbocycles. The summed E-state index contributed by atoms with van der Waals surface area (Å²) < 4.78 is 0. The third kappa shape index (κ3) is 5.20. The van der Waals surface area contributed by atoms with Gasteiger partial charge in [-0.1, -0.05) is 0 Å². The first-order valence-electron chi connectivity index (χ1n) is 10.1. The number of hydrogen-bond acceptors (Lipinski definition) is 4. The molecule has 3 heterocycles. The van der Waals surface area contributed by atoms with E-state index in [2.05, 4.69) is 10.6 Å². The van der Waals surface area contributed by atoms with Crippen LogP contribution < -0.4 is 10.6 Å². The zero-order chi connectivity index (χ0) is 19.4. The van der Waals surface area contributed by atoms with Crippen LogP contribution in [0.3, 0.4) is 0 Å². The third-order valence-corrected chi connectivity index (χ3v) is 5.79. The fourth-order valence-corrected chi connectivity index (χ4v) is 4.29. The molecule has 3 saturated heterocycles. The lowest BCUT2D eigenvalue weighted by Gasteiger charge is -2.41. The van der Waals surface area contributed by atoms with Crippen LogP contribution in [0.1, 0.15) is 58.3 Å². The van der Waals surface area contributed by atoms with E-state index in [0.717, 1.165) is 25.7 Å². The van der Waals surface area contributed by atoms with Crippen LogP contribution in [0, 0.1) is 0 Å². The molecular weight excluding hydrogens is 348 g/mol. The van der Waals surface area contributed by atoms with Gasteiger partial charge in [0.05, 0.1) is 0 Å². The summed E-state index contributed by atoms with van der Waals surface area (Å²) in [5.74, 6) is 0.136. The number of amides is 4. The predicted octanol–water partition coefficient (Wildman–Crippen LogP) is 0.163. The molecule has 0 spiro atoms. The highest BCUT2D eigenvalue weighted by atomic mass is 16.2. The molecule has 0 aromatic carbocycles. The Bertz CT molecular complexity index is 609. The Labute approximate surface area is 160 Å². The second-order valence-electron chi connectivity index (χ2n) is 8.00. The molecule has 150 valence electrons. The molecule has 3 aliphatic heterocycles. The summed E-state index contributed by atoms with van der Waals surface area (Å²) >= 11 is 0. The molecule has 27 heavy (non-hydrogen) atoms. The minimum atomic E-state index is -0.0690. The monoisotopic (exact) mass is 378 g/mol. The molecule has 3 atom stereocenters. The van der Waals surface area contributed by atoms with Crippen molar-refractivity contribution in [1.82, 2.24) is 20.4 Å². The van der Waals surface area contributed by atoms with Crippen LogP contribution in [0.25, 0.3) is 0 Å². The SMILES string of the molecule is C[C@@H]1CN(C(=O)CC2CCCC(=O)N2)CCN1C(=O)CC1CCCC(=O)N1. The van der Waals surface area contributed by atoms with Crippen molar-refractivity contribution in [3.8, 4) is 0 Å². The van der Waals surface area contributed by atoms with E-state index in [1.54, 1.807) is 4.90 Å². The maximum atomic E-state index is 12.6. The Balaban J connectivity index is 1.46. The normalized spacial score (nSPS) is 29.1. The standard InChI is InChI=1S/C19H30N4O4/c1-13-12-22(18(26)10-14-4-2-6-16(24)20-14)8-9-23(13)19(27)11-15-5-3-7-17(25)21-15/h13-15H,2-12H2,1H3,(H,20,24)(H,21,25)/t13-,14?,15?/m1/s1. The van der Waals surface area contributed by atoms with Crippen molar-refractivity contribution in [3.05, 3.63) is 0 Å². The number of carbonyl (C=O) groups is 4. The number of nitrogens with zero attached hydrogens (tertiary/aromatic N) is 2. The zero-order valence-electron chi connectivity index (χ0n) is 16.0. The highest BCUT2D eigenvalue weighted by Gasteiger charge is 2.32. The molecule has 0 aliphatic carbocycles. The Morgan fingerprint density at radius 1 is 0.926 bits per heavy atom. The van der Waals surface area contributed by atoms with Crippen LogP contribution >= 0.6 is 0 Å². The number of nitrogens with one attached hydrogen (secondary N) is 2. The number of carbonyl (C=O) groups excluding carboxylic acids is 4. The Hall–Kier alpha value is -2.12. The number of hydrogen-bond donors (Lipinski definition) is 2. The number of piperidine rings is 2. The summed E-state index contributed by atoms with van der Waals surface area (Å²) in [6.45, 7) is 3.51. The van der Waals surface area contributed by atoms with Crippen molar-refractivity contribution < 1.29 is 19.2 Å². The van der Waals surface area contributed by atoms with Gasteiger partial charge in [0.1, 0.15) is 0 Å². The van der Waals surface area contributed by atoms with E-state index < -0.39 is 0 Å². The van der Waals surface area contributed by atoms with Gasteiger partial charge in [-0.25, -0.2) is 0 Å². The second-order valence-corrected chi connectivity index (χ2v) is 8.00. The number of rotatable bonds is 4. The van der Waals surface area contributed by atoms with E-state index in [-0.39, 0.29) is 41.8 Å². The molecule has 0 radical (unpaired) electrons. The first kappa shape index (κ1) is 19.6. The highest BCUT2D eigenvalue weighted by molar-refractivity contribution is 5.82. The molecule has 2 unspecified atom stereocenters. The van der Waals surface area contributed by atoms with E-state index in [0.29, 0.717) is 45.3 Å². The lowest BCUT2D eigenvalue weighted by Crippen LogP contribution is -2.57. The average Bonchev–Trinajstić information content (AvgIpc) is 2.61. The van der Waals surface area contributed by atoms with Crippen LogP contribution in [0.5, 0.6) is 0 Å². The van der Waals surface area contributed by atoms with E-state index in [1.807, 2.05) is 11.8 Å². The minimum Gasteiger partial charge on any atom is -0.353 e. The van der Waals surface area contributed by atoms with Crippen molar-refractivity contribution in [3.63, 3.8) is 0 Å². The van der Waals surface area contributed by atoms with Gasteiger partial charge in [-0.05, 0) is 32.6 Å². The van der Waals surface area contributed by atoms with Crippen molar-refractivity contribution in [2.75, 3.05) is 19.6 Å². The fourth-order valence-electron chi connectivity index (χ4n) is 4.29. The Morgan fingerprint density at radius 2 is 1.48 bits per heavy atom. The molecule has 8 heteroatoms. The Kier molecular flexibility index (Phi) is 6.34. The first-order valence-corrected chi connectivity index (χ1v) is 10.1. The largest absolute Gasteiger partial charge is 0.353 e. The molecule has 0 bridgehead atoms. The predicted molar refractivity (Wildman–Crippen MR) is 98.6 cm³/mol. The molecule has 8 nitrogen and oxygen atoms in total. The maximum Gasteiger partial charge on any atom is 0.224 e. The smallest absolute Gasteiger partial charge is 0.224 e. The summed E-state index contributed by atoms with van der Waals surface area (Å²) in [7, 11) is 0. The summed E-state index contributed by atoms with van der Waals surface area (Å²) in [5, 5.41) is 5.78. The first-order chi connectivity index (χ1) is 12.9. The van der Waals surface area contributed by atoms with Crippen LogP contribution in [0.15, 0.2) is 0 Å². The molecule has 3 fully saturated rings. The van der Waals surface area contributed by atoms with E-state index in [1.165, 1.54) is 0 Å². The maximum absolute atomic E-state index is 12.6. The molecule has 0 aromatic rings. The lowest BCUT2D eigenvalue weighted by molar-refractivity contribution is -0.143. The van der Waals surface area contributed by atoms with Gasteiger partial charge in [0.2, 0.25) is 23.6 Å². The topological polar surface area (TPSA) is 98.8 Å². The quantitative estimate of drug-likeness (QED) is 0.728.